The van der Waals surface area contributed by atoms with Crippen molar-refractivity contribution in [2.24, 2.45) is 4.99 Å². The van der Waals surface area contributed by atoms with Crippen molar-refractivity contribution in [2.45, 2.75) is 39.7 Å². The molecule has 0 unspecified atom stereocenters. The highest BCUT2D eigenvalue weighted by atomic mass is 127. The van der Waals surface area contributed by atoms with Gasteiger partial charge in [-0.15, -0.1) is 35.3 Å². The maximum Gasteiger partial charge on any atom is 0.434 e. The van der Waals surface area contributed by atoms with E-state index in [1.165, 1.54) is 5.56 Å². The predicted octanol–water partition coefficient (Wildman–Crippen LogP) is 4.49. The van der Waals surface area contributed by atoms with Gasteiger partial charge in [-0.3, -0.25) is 9.89 Å². The molecule has 0 aliphatic rings. The third kappa shape index (κ3) is 8.47. The van der Waals surface area contributed by atoms with Gasteiger partial charge in [-0.2, -0.15) is 13.2 Å². The van der Waals surface area contributed by atoms with Crippen LogP contribution in [-0.4, -0.2) is 36.0 Å². The first-order chi connectivity index (χ1) is 13.4. The number of hydrogen-bond acceptors (Lipinski definition) is 4. The second-order valence-electron chi connectivity index (χ2n) is 6.18. The van der Waals surface area contributed by atoms with Crippen molar-refractivity contribution in [3.05, 3.63) is 51.5 Å². The number of benzene rings is 1. The van der Waals surface area contributed by atoms with Crippen molar-refractivity contribution in [2.75, 3.05) is 20.1 Å². The van der Waals surface area contributed by atoms with Gasteiger partial charge in [-0.25, -0.2) is 4.98 Å². The Morgan fingerprint density at radius 3 is 2.17 bits per heavy atom. The minimum Gasteiger partial charge on any atom is -0.352 e. The number of nitrogens with zero attached hydrogens (tertiary/aromatic N) is 3. The quantitative estimate of drug-likeness (QED) is 0.294. The molecule has 0 spiro atoms. The van der Waals surface area contributed by atoms with Gasteiger partial charge in [0, 0.05) is 25.5 Å². The van der Waals surface area contributed by atoms with Crippen molar-refractivity contribution in [3.63, 3.8) is 0 Å². The molecular weight excluding hydrogens is 514 g/mol. The fourth-order valence-corrected chi connectivity index (χ4v) is 3.30. The third-order valence-electron chi connectivity index (χ3n) is 4.26. The van der Waals surface area contributed by atoms with Gasteiger partial charge < -0.3 is 10.6 Å². The van der Waals surface area contributed by atoms with Crippen LogP contribution in [0.1, 0.15) is 35.7 Å². The Balaban J connectivity index is 0.00000420. The molecule has 162 valence electrons. The highest BCUT2D eigenvalue weighted by Gasteiger charge is 2.33. The molecule has 0 saturated carbocycles. The monoisotopic (exact) mass is 541 g/mol. The van der Waals surface area contributed by atoms with Crippen molar-refractivity contribution in [1.29, 1.82) is 0 Å². The molecule has 0 radical (unpaired) electrons. The minimum absolute atomic E-state index is 0. The Kier molecular flexibility index (Phi) is 10.9. The molecule has 10 heteroatoms. The summed E-state index contributed by atoms with van der Waals surface area (Å²) in [5, 5.41) is 7.52. The van der Waals surface area contributed by atoms with Gasteiger partial charge >= 0.3 is 6.18 Å². The SMILES string of the molecule is CCN(CC)Cc1ccc(CNC(=NC)NCc2nc(C(F)(F)F)cs2)cc1.I. The first-order valence-corrected chi connectivity index (χ1v) is 10.00. The number of alkyl halides is 3. The second kappa shape index (κ2) is 12.3. The molecule has 2 N–H and O–H groups in total. The number of halogens is 4. The normalized spacial score (nSPS) is 12.0. The highest BCUT2D eigenvalue weighted by molar-refractivity contribution is 14.0. The van der Waals surface area contributed by atoms with Crippen LogP contribution in [0.15, 0.2) is 34.6 Å². The number of hydrogen-bond donors (Lipinski definition) is 2. The van der Waals surface area contributed by atoms with E-state index in [1.807, 2.05) is 0 Å². The minimum atomic E-state index is -4.41. The topological polar surface area (TPSA) is 52.5 Å². The number of aromatic nitrogens is 1. The second-order valence-corrected chi connectivity index (χ2v) is 7.12. The summed E-state index contributed by atoms with van der Waals surface area (Å²) in [5.41, 5.74) is 1.50. The van der Waals surface area contributed by atoms with E-state index in [0.29, 0.717) is 17.5 Å². The molecule has 1 heterocycles. The molecule has 0 fully saturated rings. The number of nitrogens with one attached hydrogen (secondary N) is 2. The molecule has 1 aromatic carbocycles. The van der Waals surface area contributed by atoms with Crippen LogP contribution in [0.4, 0.5) is 13.2 Å². The van der Waals surface area contributed by atoms with Gasteiger partial charge in [0.1, 0.15) is 5.01 Å². The summed E-state index contributed by atoms with van der Waals surface area (Å²) in [7, 11) is 1.62. The molecule has 0 atom stereocenters. The van der Waals surface area contributed by atoms with E-state index >= 15 is 0 Å². The summed E-state index contributed by atoms with van der Waals surface area (Å²) in [6, 6.07) is 8.35. The lowest BCUT2D eigenvalue weighted by molar-refractivity contribution is -0.140. The van der Waals surface area contributed by atoms with E-state index in [9.17, 15) is 13.2 Å². The van der Waals surface area contributed by atoms with Crippen LogP contribution in [0.5, 0.6) is 0 Å². The molecule has 5 nitrogen and oxygen atoms in total. The van der Waals surface area contributed by atoms with Crippen molar-refractivity contribution in [1.82, 2.24) is 20.5 Å². The number of guanidine groups is 1. The zero-order valence-electron chi connectivity index (χ0n) is 16.7. The Labute approximate surface area is 190 Å². The smallest absolute Gasteiger partial charge is 0.352 e. The van der Waals surface area contributed by atoms with Crippen LogP contribution in [0.3, 0.4) is 0 Å². The summed E-state index contributed by atoms with van der Waals surface area (Å²) < 4.78 is 37.8. The molecule has 0 aliphatic carbocycles. The Hall–Kier alpha value is -1.40. The van der Waals surface area contributed by atoms with E-state index in [4.69, 9.17) is 0 Å². The lowest BCUT2D eigenvalue weighted by Gasteiger charge is -2.18. The Morgan fingerprint density at radius 1 is 1.07 bits per heavy atom. The van der Waals surface area contributed by atoms with Crippen LogP contribution in [0.2, 0.25) is 0 Å². The lowest BCUT2D eigenvalue weighted by atomic mass is 10.1. The average molecular weight is 541 g/mol. The van der Waals surface area contributed by atoms with Crippen LogP contribution in [-0.2, 0) is 25.8 Å². The molecule has 0 amide bonds. The molecule has 0 saturated heterocycles. The van der Waals surface area contributed by atoms with Gasteiger partial charge in [0.05, 0.1) is 6.54 Å². The highest BCUT2D eigenvalue weighted by Crippen LogP contribution is 2.29. The number of aliphatic imine (C=N–C) groups is 1. The van der Waals surface area contributed by atoms with Crippen molar-refractivity contribution < 1.29 is 13.2 Å². The van der Waals surface area contributed by atoms with Gasteiger partial charge in [-0.05, 0) is 24.2 Å². The van der Waals surface area contributed by atoms with E-state index < -0.39 is 11.9 Å². The van der Waals surface area contributed by atoms with E-state index in [2.05, 4.69) is 63.6 Å². The summed E-state index contributed by atoms with van der Waals surface area (Å²) in [6.07, 6.45) is -4.41. The Bertz CT molecular complexity index is 758. The molecule has 0 aliphatic heterocycles. The first kappa shape index (κ1) is 25.6. The number of rotatable bonds is 8. The molecule has 0 bridgehead atoms. The summed E-state index contributed by atoms with van der Waals surface area (Å²) in [4.78, 5) is 10.0. The standard InChI is InChI=1S/C19H26F3N5S.HI/c1-4-27(5-2)12-15-8-6-14(7-9-15)10-24-18(23-3)25-11-17-26-16(13-28-17)19(20,21)22;/h6-9,13H,4-5,10-12H2,1-3H3,(H2,23,24,25);1H. The molecule has 29 heavy (non-hydrogen) atoms. The summed E-state index contributed by atoms with van der Waals surface area (Å²) >= 11 is 0.973. The van der Waals surface area contributed by atoms with Gasteiger partial charge in [-0.1, -0.05) is 38.1 Å². The van der Waals surface area contributed by atoms with E-state index in [0.717, 1.165) is 41.9 Å². The van der Waals surface area contributed by atoms with Crippen LogP contribution in [0, 0.1) is 0 Å². The van der Waals surface area contributed by atoms with Gasteiger partial charge in [0.2, 0.25) is 0 Å². The fourth-order valence-electron chi connectivity index (χ4n) is 2.56. The Morgan fingerprint density at radius 2 is 1.66 bits per heavy atom. The number of thiazole rings is 1. The van der Waals surface area contributed by atoms with Crippen molar-refractivity contribution >= 4 is 41.3 Å². The fraction of sp³-hybridized carbons (Fsp3) is 0.474. The zero-order valence-corrected chi connectivity index (χ0v) is 19.9. The molecule has 2 rings (SSSR count). The maximum absolute atomic E-state index is 12.6. The summed E-state index contributed by atoms with van der Waals surface area (Å²) in [6.45, 7) is 8.01. The lowest BCUT2D eigenvalue weighted by Crippen LogP contribution is -2.36. The largest absolute Gasteiger partial charge is 0.434 e. The van der Waals surface area contributed by atoms with E-state index in [1.54, 1.807) is 7.05 Å². The first-order valence-electron chi connectivity index (χ1n) is 9.12. The van der Waals surface area contributed by atoms with Gasteiger partial charge in [0.25, 0.3) is 0 Å². The molecule has 1 aromatic heterocycles. The van der Waals surface area contributed by atoms with Crippen LogP contribution in [0.25, 0.3) is 0 Å². The maximum atomic E-state index is 12.6. The van der Waals surface area contributed by atoms with Crippen molar-refractivity contribution in [3.8, 4) is 0 Å². The third-order valence-corrected chi connectivity index (χ3v) is 5.11. The zero-order chi connectivity index (χ0) is 20.6. The van der Waals surface area contributed by atoms with Crippen LogP contribution < -0.4 is 10.6 Å². The summed E-state index contributed by atoms with van der Waals surface area (Å²) in [5.74, 6) is 0.510. The van der Waals surface area contributed by atoms with Crippen LogP contribution >= 0.6 is 35.3 Å². The molecular formula is C19H27F3IN5S. The molecule has 2 aromatic rings. The predicted molar refractivity (Wildman–Crippen MR) is 123 cm³/mol. The average Bonchev–Trinajstić information content (AvgIpc) is 3.17. The van der Waals surface area contributed by atoms with Gasteiger partial charge in [0.15, 0.2) is 11.7 Å². The van der Waals surface area contributed by atoms with E-state index in [-0.39, 0.29) is 30.5 Å².